The van der Waals surface area contributed by atoms with Crippen molar-refractivity contribution in [2.45, 2.75) is 16.7 Å². The maximum Gasteiger partial charge on any atom is 0.308 e. The number of rotatable bonds is 6. The maximum absolute atomic E-state index is 12.4. The number of esters is 1. The standard InChI is InChI=1S/C21H16N2O5S/c1-14(24)28-18-4-2-3-15(13-18)21(25)22-16-5-9-19(10-6-16)29-20-11-7-17(8-12-20)23(26)27/h2-13H,1H3,(H,22,25). The Morgan fingerprint density at radius 1 is 0.966 bits per heavy atom. The number of anilines is 1. The van der Waals surface area contributed by atoms with Crippen LogP contribution in [0.2, 0.25) is 0 Å². The van der Waals surface area contributed by atoms with Crippen LogP contribution in [0.25, 0.3) is 0 Å². The van der Waals surface area contributed by atoms with Gasteiger partial charge in [0.15, 0.2) is 0 Å². The zero-order chi connectivity index (χ0) is 20.8. The Morgan fingerprint density at radius 2 is 1.59 bits per heavy atom. The van der Waals surface area contributed by atoms with Crippen LogP contribution in [-0.4, -0.2) is 16.8 Å². The fourth-order valence-electron chi connectivity index (χ4n) is 2.45. The lowest BCUT2D eigenvalue weighted by Crippen LogP contribution is -2.12. The van der Waals surface area contributed by atoms with E-state index in [1.165, 1.54) is 36.9 Å². The van der Waals surface area contributed by atoms with E-state index in [4.69, 9.17) is 4.74 Å². The van der Waals surface area contributed by atoms with Crippen LogP contribution in [-0.2, 0) is 4.79 Å². The number of hydrogen-bond donors (Lipinski definition) is 1. The third kappa shape index (κ3) is 5.66. The zero-order valence-corrected chi connectivity index (χ0v) is 16.1. The lowest BCUT2D eigenvalue weighted by Gasteiger charge is -2.08. The van der Waals surface area contributed by atoms with Crippen LogP contribution in [0.3, 0.4) is 0 Å². The molecule has 3 aromatic rings. The van der Waals surface area contributed by atoms with Crippen molar-refractivity contribution in [3.05, 3.63) is 88.5 Å². The first-order chi connectivity index (χ1) is 13.9. The van der Waals surface area contributed by atoms with Crippen LogP contribution in [0.4, 0.5) is 11.4 Å². The molecule has 3 rings (SSSR count). The van der Waals surface area contributed by atoms with Gasteiger partial charge in [0.25, 0.3) is 11.6 Å². The summed E-state index contributed by atoms with van der Waals surface area (Å²) in [6.07, 6.45) is 0. The van der Waals surface area contributed by atoms with Gasteiger partial charge >= 0.3 is 5.97 Å². The number of nitrogens with zero attached hydrogens (tertiary/aromatic N) is 1. The number of nitrogens with one attached hydrogen (secondary N) is 1. The number of carbonyl (C=O) groups is 2. The summed E-state index contributed by atoms with van der Waals surface area (Å²) in [5, 5.41) is 13.5. The molecule has 0 fully saturated rings. The highest BCUT2D eigenvalue weighted by molar-refractivity contribution is 7.99. The second kappa shape index (κ2) is 9.03. The molecule has 1 N–H and O–H groups in total. The molecule has 0 atom stereocenters. The SMILES string of the molecule is CC(=O)Oc1cccc(C(=O)Nc2ccc(Sc3ccc([N+](=O)[O-])cc3)cc2)c1. The van der Waals surface area contributed by atoms with Crippen LogP contribution >= 0.6 is 11.8 Å². The molecule has 146 valence electrons. The number of amides is 1. The van der Waals surface area contributed by atoms with Crippen LogP contribution in [0.1, 0.15) is 17.3 Å². The van der Waals surface area contributed by atoms with Gasteiger partial charge < -0.3 is 10.1 Å². The molecule has 3 aromatic carbocycles. The topological polar surface area (TPSA) is 98.5 Å². The molecule has 8 heteroatoms. The summed E-state index contributed by atoms with van der Waals surface area (Å²) in [5.74, 6) is -0.474. The van der Waals surface area contributed by atoms with Crippen molar-refractivity contribution < 1.29 is 19.2 Å². The molecule has 0 radical (unpaired) electrons. The molecule has 0 unspecified atom stereocenters. The number of nitro groups is 1. The molecule has 0 saturated carbocycles. The fourth-order valence-corrected chi connectivity index (χ4v) is 3.26. The predicted molar refractivity (Wildman–Crippen MR) is 109 cm³/mol. The van der Waals surface area contributed by atoms with E-state index in [2.05, 4.69) is 5.32 Å². The van der Waals surface area contributed by atoms with Crippen molar-refractivity contribution in [3.63, 3.8) is 0 Å². The Kier molecular flexibility index (Phi) is 6.25. The maximum atomic E-state index is 12.4. The molecule has 7 nitrogen and oxygen atoms in total. The summed E-state index contributed by atoms with van der Waals surface area (Å²) in [7, 11) is 0. The fraction of sp³-hybridized carbons (Fsp3) is 0.0476. The minimum Gasteiger partial charge on any atom is -0.427 e. The second-order valence-electron chi connectivity index (χ2n) is 5.95. The van der Waals surface area contributed by atoms with Crippen molar-refractivity contribution in [1.29, 1.82) is 0 Å². The minimum atomic E-state index is -0.455. The lowest BCUT2D eigenvalue weighted by atomic mass is 10.2. The van der Waals surface area contributed by atoms with Crippen LogP contribution in [0.15, 0.2) is 82.6 Å². The summed E-state index contributed by atoms with van der Waals surface area (Å²) < 4.78 is 4.99. The van der Waals surface area contributed by atoms with Crippen LogP contribution < -0.4 is 10.1 Å². The normalized spacial score (nSPS) is 10.2. The average molecular weight is 408 g/mol. The molecule has 0 saturated heterocycles. The Hall–Kier alpha value is -3.65. The number of ether oxygens (including phenoxy) is 1. The minimum absolute atomic E-state index is 0.0465. The monoisotopic (exact) mass is 408 g/mol. The van der Waals surface area contributed by atoms with E-state index in [-0.39, 0.29) is 11.6 Å². The zero-order valence-electron chi connectivity index (χ0n) is 15.3. The van der Waals surface area contributed by atoms with Crippen LogP contribution in [0.5, 0.6) is 5.75 Å². The molecule has 0 aliphatic heterocycles. The van der Waals surface area contributed by atoms with E-state index in [9.17, 15) is 19.7 Å². The lowest BCUT2D eigenvalue weighted by molar-refractivity contribution is -0.384. The largest absolute Gasteiger partial charge is 0.427 e. The van der Waals surface area contributed by atoms with Gasteiger partial charge in [0.2, 0.25) is 0 Å². The van der Waals surface area contributed by atoms with Gasteiger partial charge in [0.1, 0.15) is 5.75 Å². The van der Waals surface area contributed by atoms with E-state index in [0.29, 0.717) is 17.0 Å². The Bertz CT molecular complexity index is 1050. The van der Waals surface area contributed by atoms with Gasteiger partial charge in [0, 0.05) is 40.1 Å². The summed E-state index contributed by atoms with van der Waals surface area (Å²) in [5.41, 5.74) is 1.03. The Balaban J connectivity index is 1.63. The quantitative estimate of drug-likeness (QED) is 0.269. The molecular weight excluding hydrogens is 392 g/mol. The van der Waals surface area contributed by atoms with Gasteiger partial charge in [0.05, 0.1) is 4.92 Å². The first-order valence-electron chi connectivity index (χ1n) is 8.53. The van der Waals surface area contributed by atoms with Crippen molar-refractivity contribution in [1.82, 2.24) is 0 Å². The molecule has 0 aliphatic rings. The van der Waals surface area contributed by atoms with E-state index in [1.807, 2.05) is 12.1 Å². The summed E-state index contributed by atoms with van der Waals surface area (Å²) in [6.45, 7) is 1.29. The number of benzene rings is 3. The molecular formula is C21H16N2O5S. The predicted octanol–water partition coefficient (Wildman–Crippen LogP) is 4.92. The van der Waals surface area contributed by atoms with E-state index < -0.39 is 10.9 Å². The Labute approximate surface area is 170 Å². The molecule has 0 aliphatic carbocycles. The van der Waals surface area contributed by atoms with E-state index >= 15 is 0 Å². The second-order valence-corrected chi connectivity index (χ2v) is 7.10. The van der Waals surface area contributed by atoms with Gasteiger partial charge in [-0.15, -0.1) is 0 Å². The highest BCUT2D eigenvalue weighted by Crippen LogP contribution is 2.30. The van der Waals surface area contributed by atoms with Gasteiger partial charge in [-0.25, -0.2) is 0 Å². The third-order valence-electron chi connectivity index (χ3n) is 3.75. The smallest absolute Gasteiger partial charge is 0.308 e. The number of hydrogen-bond acceptors (Lipinski definition) is 6. The molecule has 29 heavy (non-hydrogen) atoms. The van der Waals surface area contributed by atoms with Gasteiger partial charge in [-0.3, -0.25) is 19.7 Å². The van der Waals surface area contributed by atoms with Gasteiger partial charge in [-0.05, 0) is 54.6 Å². The molecule has 1 amide bonds. The van der Waals surface area contributed by atoms with Crippen molar-refractivity contribution in [3.8, 4) is 5.75 Å². The summed E-state index contributed by atoms with van der Waals surface area (Å²) in [4.78, 5) is 35.5. The number of non-ortho nitro benzene ring substituents is 1. The Morgan fingerprint density at radius 3 is 2.17 bits per heavy atom. The highest BCUT2D eigenvalue weighted by Gasteiger charge is 2.09. The number of nitro benzene ring substituents is 1. The first-order valence-corrected chi connectivity index (χ1v) is 9.34. The van der Waals surface area contributed by atoms with Crippen molar-refractivity contribution in [2.24, 2.45) is 0 Å². The highest BCUT2D eigenvalue weighted by atomic mass is 32.2. The summed E-state index contributed by atoms with van der Waals surface area (Å²) in [6, 6.07) is 19.9. The first kappa shape index (κ1) is 20.1. The average Bonchev–Trinajstić information content (AvgIpc) is 2.69. The molecule has 0 bridgehead atoms. The van der Waals surface area contributed by atoms with E-state index in [0.717, 1.165) is 9.79 Å². The summed E-state index contributed by atoms with van der Waals surface area (Å²) >= 11 is 1.46. The third-order valence-corrected chi connectivity index (χ3v) is 4.77. The van der Waals surface area contributed by atoms with Gasteiger partial charge in [-0.1, -0.05) is 17.8 Å². The van der Waals surface area contributed by atoms with Crippen LogP contribution in [0, 0.1) is 10.1 Å². The van der Waals surface area contributed by atoms with Gasteiger partial charge in [-0.2, -0.15) is 0 Å². The van der Waals surface area contributed by atoms with Crippen molar-refractivity contribution >= 4 is 35.0 Å². The molecule has 0 heterocycles. The van der Waals surface area contributed by atoms with E-state index in [1.54, 1.807) is 42.5 Å². The molecule has 0 aromatic heterocycles. The van der Waals surface area contributed by atoms with Crippen molar-refractivity contribution in [2.75, 3.05) is 5.32 Å². The number of carbonyl (C=O) groups excluding carboxylic acids is 2. The molecule has 0 spiro atoms.